The van der Waals surface area contributed by atoms with E-state index in [2.05, 4.69) is 98.0 Å². The van der Waals surface area contributed by atoms with Gasteiger partial charge in [-0.25, -0.2) is 0 Å². The zero-order valence-electron chi connectivity index (χ0n) is 13.9. The van der Waals surface area contributed by atoms with Crippen molar-refractivity contribution in [3.8, 4) is 11.1 Å². The van der Waals surface area contributed by atoms with E-state index >= 15 is 0 Å². The fourth-order valence-corrected chi connectivity index (χ4v) is 4.46. The summed E-state index contributed by atoms with van der Waals surface area (Å²) in [5, 5.41) is 0. The Morgan fingerprint density at radius 3 is 2.43 bits per heavy atom. The van der Waals surface area contributed by atoms with E-state index in [9.17, 15) is 0 Å². The third-order valence-electron chi connectivity index (χ3n) is 5.29. The van der Waals surface area contributed by atoms with Gasteiger partial charge in [0.2, 0.25) is 0 Å². The first-order chi connectivity index (χ1) is 11.0. The summed E-state index contributed by atoms with van der Waals surface area (Å²) in [5.74, 6) is 0.634. The third-order valence-corrected chi connectivity index (χ3v) is 5.96. The van der Waals surface area contributed by atoms with Gasteiger partial charge in [-0.3, -0.25) is 0 Å². The summed E-state index contributed by atoms with van der Waals surface area (Å²) in [4.78, 5) is 0. The molecule has 0 N–H and O–H groups in total. The van der Waals surface area contributed by atoms with E-state index in [1.54, 1.807) is 0 Å². The number of benzene rings is 2. The summed E-state index contributed by atoms with van der Waals surface area (Å²) in [6, 6.07) is 13.9. The van der Waals surface area contributed by atoms with E-state index in [0.717, 1.165) is 6.42 Å². The van der Waals surface area contributed by atoms with Gasteiger partial charge in [0, 0.05) is 8.99 Å². The van der Waals surface area contributed by atoms with E-state index < -0.39 is 0 Å². The van der Waals surface area contributed by atoms with Crippen LogP contribution in [-0.2, 0) is 5.41 Å². The molecule has 0 bridgehead atoms. The minimum Gasteiger partial charge on any atom is -0.0814 e. The number of fused-ring (bicyclic) bond motifs is 3. The molecule has 0 aliphatic heterocycles. The molecule has 4 rings (SSSR count). The van der Waals surface area contributed by atoms with Crippen molar-refractivity contribution in [2.75, 3.05) is 0 Å². The molecular weight excluding hydrogens is 391 g/mol. The van der Waals surface area contributed by atoms with E-state index in [1.165, 1.54) is 37.0 Å². The molecule has 2 aliphatic carbocycles. The molecule has 2 aromatic carbocycles. The molecule has 0 aromatic heterocycles. The SMILES string of the molecule is C[C@H]1C=CC=C(c2ccc3c(c2)C(C)(C)c2cc(I)ccc2-3)C1. The zero-order chi connectivity index (χ0) is 16.2. The Hall–Kier alpha value is -1.35. The van der Waals surface area contributed by atoms with E-state index in [-0.39, 0.29) is 5.41 Å². The van der Waals surface area contributed by atoms with Gasteiger partial charge in [-0.15, -0.1) is 0 Å². The highest BCUT2D eigenvalue weighted by atomic mass is 127. The van der Waals surface area contributed by atoms with Crippen LogP contribution in [0.15, 0.2) is 54.6 Å². The normalized spacial score (nSPS) is 20.9. The van der Waals surface area contributed by atoms with Crippen molar-refractivity contribution < 1.29 is 0 Å². The van der Waals surface area contributed by atoms with E-state index in [4.69, 9.17) is 0 Å². The first-order valence-electron chi connectivity index (χ1n) is 8.29. The third kappa shape index (κ3) is 2.40. The molecule has 1 heteroatoms. The van der Waals surface area contributed by atoms with Crippen molar-refractivity contribution in [1.82, 2.24) is 0 Å². The largest absolute Gasteiger partial charge is 0.0814 e. The average molecular weight is 412 g/mol. The molecule has 0 nitrogen and oxygen atoms in total. The summed E-state index contributed by atoms with van der Waals surface area (Å²) in [6.07, 6.45) is 7.91. The van der Waals surface area contributed by atoms with Crippen LogP contribution in [0.5, 0.6) is 0 Å². The zero-order valence-corrected chi connectivity index (χ0v) is 16.0. The molecule has 0 radical (unpaired) electrons. The van der Waals surface area contributed by atoms with Crippen LogP contribution in [-0.4, -0.2) is 0 Å². The smallest absolute Gasteiger partial charge is 0.0159 e. The van der Waals surface area contributed by atoms with Crippen molar-refractivity contribution in [3.05, 3.63) is 74.9 Å². The Morgan fingerprint density at radius 1 is 1.00 bits per heavy atom. The summed E-state index contributed by atoms with van der Waals surface area (Å²) in [7, 11) is 0. The summed E-state index contributed by atoms with van der Waals surface area (Å²) >= 11 is 2.42. The Morgan fingerprint density at radius 2 is 1.70 bits per heavy atom. The van der Waals surface area contributed by atoms with Gasteiger partial charge < -0.3 is 0 Å². The molecule has 0 fully saturated rings. The quantitative estimate of drug-likeness (QED) is 0.465. The second-order valence-corrected chi connectivity index (χ2v) is 8.58. The van der Waals surface area contributed by atoms with Crippen LogP contribution >= 0.6 is 22.6 Å². The molecule has 0 saturated carbocycles. The van der Waals surface area contributed by atoms with Gasteiger partial charge in [-0.05, 0) is 86.5 Å². The number of halogens is 1. The summed E-state index contributed by atoms with van der Waals surface area (Å²) < 4.78 is 1.32. The highest BCUT2D eigenvalue weighted by Crippen LogP contribution is 2.49. The molecule has 0 spiro atoms. The molecule has 0 unspecified atom stereocenters. The van der Waals surface area contributed by atoms with E-state index in [0.29, 0.717) is 5.92 Å². The Kier molecular flexibility index (Phi) is 3.53. The fourth-order valence-electron chi connectivity index (χ4n) is 3.97. The van der Waals surface area contributed by atoms with Crippen molar-refractivity contribution in [2.45, 2.75) is 32.6 Å². The van der Waals surface area contributed by atoms with Crippen molar-refractivity contribution >= 4 is 28.2 Å². The minimum absolute atomic E-state index is 0.0819. The molecule has 2 aliphatic rings. The lowest BCUT2D eigenvalue weighted by molar-refractivity contribution is 0.659. The molecule has 1 atom stereocenters. The lowest BCUT2D eigenvalue weighted by atomic mass is 9.81. The Balaban J connectivity index is 1.86. The number of allylic oxidation sites excluding steroid dienone is 4. The fraction of sp³-hybridized carbons (Fsp3) is 0.273. The highest BCUT2D eigenvalue weighted by Gasteiger charge is 2.35. The van der Waals surface area contributed by atoms with Crippen LogP contribution in [0.25, 0.3) is 16.7 Å². The maximum Gasteiger partial charge on any atom is 0.0159 e. The average Bonchev–Trinajstić information content (AvgIpc) is 2.75. The van der Waals surface area contributed by atoms with Crippen LogP contribution in [0.4, 0.5) is 0 Å². The summed E-state index contributed by atoms with van der Waals surface area (Å²) in [6.45, 7) is 7.00. The van der Waals surface area contributed by atoms with E-state index in [1.807, 2.05) is 0 Å². The predicted molar refractivity (Wildman–Crippen MR) is 108 cm³/mol. The van der Waals surface area contributed by atoms with Crippen LogP contribution in [0, 0.1) is 9.49 Å². The van der Waals surface area contributed by atoms with Crippen molar-refractivity contribution in [3.63, 3.8) is 0 Å². The van der Waals surface area contributed by atoms with Crippen LogP contribution < -0.4 is 0 Å². The van der Waals surface area contributed by atoms with Gasteiger partial charge in [0.1, 0.15) is 0 Å². The Labute approximate surface area is 152 Å². The number of hydrogen-bond donors (Lipinski definition) is 0. The maximum atomic E-state index is 2.43. The predicted octanol–water partition coefficient (Wildman–Crippen LogP) is 6.58. The van der Waals surface area contributed by atoms with Crippen LogP contribution in [0.3, 0.4) is 0 Å². The second kappa shape index (κ2) is 5.34. The molecule has 116 valence electrons. The standard InChI is InChI=1S/C22H21I/c1-14-5-4-6-15(11-14)16-7-9-18-19-10-8-17(23)13-21(19)22(2,3)20(18)12-16/h4-10,12-14H,11H2,1-3H3/t14-/m0/s1. The molecule has 0 amide bonds. The molecule has 0 saturated heterocycles. The Bertz CT molecular complexity index is 852. The molecule has 0 heterocycles. The minimum atomic E-state index is 0.0819. The van der Waals surface area contributed by atoms with Gasteiger partial charge in [0.25, 0.3) is 0 Å². The van der Waals surface area contributed by atoms with Gasteiger partial charge >= 0.3 is 0 Å². The number of hydrogen-bond acceptors (Lipinski definition) is 0. The monoisotopic (exact) mass is 412 g/mol. The first kappa shape index (κ1) is 15.2. The van der Waals surface area contributed by atoms with Crippen LogP contribution in [0.1, 0.15) is 43.9 Å². The lowest BCUT2D eigenvalue weighted by Crippen LogP contribution is -2.15. The molecular formula is C22H21I. The second-order valence-electron chi connectivity index (χ2n) is 7.33. The highest BCUT2D eigenvalue weighted by molar-refractivity contribution is 14.1. The van der Waals surface area contributed by atoms with Gasteiger partial charge in [-0.2, -0.15) is 0 Å². The van der Waals surface area contributed by atoms with Gasteiger partial charge in [-0.1, -0.05) is 57.2 Å². The summed E-state index contributed by atoms with van der Waals surface area (Å²) in [5.41, 5.74) is 8.67. The van der Waals surface area contributed by atoms with Gasteiger partial charge in [0.15, 0.2) is 0 Å². The molecule has 23 heavy (non-hydrogen) atoms. The van der Waals surface area contributed by atoms with Crippen LogP contribution in [0.2, 0.25) is 0 Å². The number of rotatable bonds is 1. The van der Waals surface area contributed by atoms with Crippen molar-refractivity contribution in [1.29, 1.82) is 0 Å². The molecule has 2 aromatic rings. The first-order valence-corrected chi connectivity index (χ1v) is 9.37. The lowest BCUT2D eigenvalue weighted by Gasteiger charge is -2.23. The maximum absolute atomic E-state index is 2.43. The topological polar surface area (TPSA) is 0 Å². The van der Waals surface area contributed by atoms with Crippen molar-refractivity contribution in [2.24, 2.45) is 5.92 Å². The van der Waals surface area contributed by atoms with Gasteiger partial charge in [0.05, 0.1) is 0 Å².